The van der Waals surface area contributed by atoms with Crippen molar-refractivity contribution in [2.24, 2.45) is 0 Å². The van der Waals surface area contributed by atoms with E-state index >= 15 is 0 Å². The minimum Gasteiger partial charge on any atom is -0.319 e. The molecule has 5 rings (SSSR count). The molecular formula is C26H21OP. The summed E-state index contributed by atoms with van der Waals surface area (Å²) >= 11 is 0. The van der Waals surface area contributed by atoms with E-state index in [4.69, 9.17) is 0 Å². The standard InChI is InChI=1S/C26H21OP/c1-28(2,27)26-23-13-7-5-11-21(23)25(22-12-6-8-14-24(22)26)20-16-15-18-9-3-4-10-19(18)17-20/h3-17H,1-2H3. The number of fused-ring (bicyclic) bond motifs is 3. The lowest BCUT2D eigenvalue weighted by Gasteiger charge is -2.19. The Labute approximate surface area is 165 Å². The van der Waals surface area contributed by atoms with E-state index in [2.05, 4.69) is 78.9 Å². The molecular weight excluding hydrogens is 359 g/mol. The van der Waals surface area contributed by atoms with Crippen LogP contribution in [0.25, 0.3) is 43.4 Å². The van der Waals surface area contributed by atoms with Crippen LogP contribution in [-0.4, -0.2) is 13.3 Å². The van der Waals surface area contributed by atoms with Crippen molar-refractivity contribution >= 4 is 44.8 Å². The van der Waals surface area contributed by atoms with Crippen molar-refractivity contribution in [3.05, 3.63) is 91.0 Å². The number of hydrogen-bond donors (Lipinski definition) is 0. The summed E-state index contributed by atoms with van der Waals surface area (Å²) in [5, 5.41) is 7.97. The highest BCUT2D eigenvalue weighted by Gasteiger charge is 2.22. The topological polar surface area (TPSA) is 17.1 Å². The first-order valence-electron chi connectivity index (χ1n) is 9.52. The molecule has 0 aromatic heterocycles. The maximum atomic E-state index is 13.3. The van der Waals surface area contributed by atoms with Gasteiger partial charge in [-0.3, -0.25) is 0 Å². The first-order valence-corrected chi connectivity index (χ1v) is 12.1. The lowest BCUT2D eigenvalue weighted by molar-refractivity contribution is 0.588. The molecule has 1 nitrogen and oxygen atoms in total. The molecule has 0 atom stereocenters. The third kappa shape index (κ3) is 2.66. The predicted octanol–water partition coefficient (Wildman–Crippen LogP) is 7.06. The molecule has 2 heteroatoms. The fraction of sp³-hybridized carbons (Fsp3) is 0.0769. The molecule has 0 saturated heterocycles. The summed E-state index contributed by atoms with van der Waals surface area (Å²) in [4.78, 5) is 0. The van der Waals surface area contributed by atoms with E-state index in [1.165, 1.54) is 21.9 Å². The van der Waals surface area contributed by atoms with Crippen molar-refractivity contribution in [3.8, 4) is 11.1 Å². The maximum absolute atomic E-state index is 13.3. The van der Waals surface area contributed by atoms with Crippen LogP contribution < -0.4 is 5.30 Å². The highest BCUT2D eigenvalue weighted by molar-refractivity contribution is 7.71. The molecule has 0 bridgehead atoms. The molecule has 0 radical (unpaired) electrons. The van der Waals surface area contributed by atoms with E-state index in [-0.39, 0.29) is 0 Å². The molecule has 5 aromatic carbocycles. The van der Waals surface area contributed by atoms with E-state index in [1.54, 1.807) is 0 Å². The van der Waals surface area contributed by atoms with Crippen molar-refractivity contribution in [2.45, 2.75) is 0 Å². The number of rotatable bonds is 2. The summed E-state index contributed by atoms with van der Waals surface area (Å²) in [7, 11) is -2.46. The van der Waals surface area contributed by atoms with Crippen molar-refractivity contribution in [3.63, 3.8) is 0 Å². The Hall–Kier alpha value is -2.89. The average Bonchev–Trinajstić information content (AvgIpc) is 2.70. The second-order valence-electron chi connectivity index (χ2n) is 7.73. The lowest BCUT2D eigenvalue weighted by Crippen LogP contribution is -2.08. The molecule has 0 fully saturated rings. The summed E-state index contributed by atoms with van der Waals surface area (Å²) in [5.41, 5.74) is 2.41. The summed E-state index contributed by atoms with van der Waals surface area (Å²) in [6, 6.07) is 31.9. The van der Waals surface area contributed by atoms with Gasteiger partial charge in [0, 0.05) is 5.30 Å². The van der Waals surface area contributed by atoms with E-state index in [0.29, 0.717) is 0 Å². The zero-order chi connectivity index (χ0) is 19.3. The van der Waals surface area contributed by atoms with Gasteiger partial charge in [0.1, 0.15) is 7.14 Å². The third-order valence-electron chi connectivity index (χ3n) is 5.48. The van der Waals surface area contributed by atoms with Crippen molar-refractivity contribution in [1.82, 2.24) is 0 Å². The van der Waals surface area contributed by atoms with Crippen LogP contribution in [0.5, 0.6) is 0 Å². The molecule has 0 heterocycles. The third-order valence-corrected chi connectivity index (χ3v) is 7.04. The van der Waals surface area contributed by atoms with Crippen LogP contribution in [0.1, 0.15) is 0 Å². The fourth-order valence-corrected chi connectivity index (χ4v) is 5.89. The quantitative estimate of drug-likeness (QED) is 0.237. The van der Waals surface area contributed by atoms with Gasteiger partial charge in [-0.1, -0.05) is 84.9 Å². The van der Waals surface area contributed by atoms with Crippen LogP contribution >= 0.6 is 7.14 Å². The predicted molar refractivity (Wildman–Crippen MR) is 123 cm³/mol. The smallest absolute Gasteiger partial charge is 0.111 e. The first-order chi connectivity index (χ1) is 13.5. The zero-order valence-electron chi connectivity index (χ0n) is 16.0. The Balaban J connectivity index is 1.99. The fourth-order valence-electron chi connectivity index (χ4n) is 4.34. The monoisotopic (exact) mass is 380 g/mol. The Morgan fingerprint density at radius 1 is 0.571 bits per heavy atom. The van der Waals surface area contributed by atoms with Gasteiger partial charge in [-0.05, 0) is 62.8 Å². The first kappa shape index (κ1) is 17.2. The Morgan fingerprint density at radius 2 is 1.07 bits per heavy atom. The molecule has 0 spiro atoms. The van der Waals surface area contributed by atoms with Crippen LogP contribution in [0.4, 0.5) is 0 Å². The van der Waals surface area contributed by atoms with Crippen LogP contribution in [0, 0.1) is 0 Å². The highest BCUT2D eigenvalue weighted by atomic mass is 31.2. The van der Waals surface area contributed by atoms with Crippen molar-refractivity contribution in [2.75, 3.05) is 13.3 Å². The second kappa shape index (κ2) is 6.33. The van der Waals surface area contributed by atoms with Gasteiger partial charge in [-0.15, -0.1) is 0 Å². The van der Waals surface area contributed by atoms with Gasteiger partial charge < -0.3 is 4.57 Å². The average molecular weight is 380 g/mol. The van der Waals surface area contributed by atoms with Gasteiger partial charge in [0.2, 0.25) is 0 Å². The summed E-state index contributed by atoms with van der Waals surface area (Å²) in [5.74, 6) is 0. The molecule has 0 amide bonds. The summed E-state index contributed by atoms with van der Waals surface area (Å²) in [6.07, 6.45) is 0. The van der Waals surface area contributed by atoms with Crippen molar-refractivity contribution in [1.29, 1.82) is 0 Å². The van der Waals surface area contributed by atoms with Gasteiger partial charge in [0.25, 0.3) is 0 Å². The number of benzene rings is 5. The SMILES string of the molecule is CP(C)(=O)c1c2ccccc2c(-c2ccc3ccccc3c2)c2ccccc12. The number of hydrogen-bond acceptors (Lipinski definition) is 1. The van der Waals surface area contributed by atoms with Gasteiger partial charge >= 0.3 is 0 Å². The maximum Gasteiger partial charge on any atom is 0.111 e. The van der Waals surface area contributed by atoms with E-state index in [9.17, 15) is 4.57 Å². The molecule has 0 aliphatic heterocycles. The Bertz CT molecular complexity index is 1350. The molecule has 28 heavy (non-hydrogen) atoms. The zero-order valence-corrected chi connectivity index (χ0v) is 16.9. The molecule has 0 aliphatic carbocycles. The van der Waals surface area contributed by atoms with Gasteiger partial charge in [0.05, 0.1) is 0 Å². The molecule has 0 aliphatic rings. The largest absolute Gasteiger partial charge is 0.319 e. The van der Waals surface area contributed by atoms with Gasteiger partial charge in [-0.25, -0.2) is 0 Å². The van der Waals surface area contributed by atoms with E-state index < -0.39 is 7.14 Å². The molecule has 5 aromatic rings. The Kier molecular flexibility index (Phi) is 3.89. The molecule has 136 valence electrons. The highest BCUT2D eigenvalue weighted by Crippen LogP contribution is 2.45. The minimum atomic E-state index is -2.46. The van der Waals surface area contributed by atoms with E-state index in [0.717, 1.165) is 26.8 Å². The lowest BCUT2D eigenvalue weighted by atomic mass is 9.91. The van der Waals surface area contributed by atoms with Gasteiger partial charge in [-0.2, -0.15) is 0 Å². The normalized spacial score (nSPS) is 12.1. The molecule has 0 saturated carbocycles. The van der Waals surface area contributed by atoms with Crippen LogP contribution in [0.15, 0.2) is 91.0 Å². The van der Waals surface area contributed by atoms with Crippen LogP contribution in [0.2, 0.25) is 0 Å². The summed E-state index contributed by atoms with van der Waals surface area (Å²) < 4.78 is 13.3. The Morgan fingerprint density at radius 3 is 1.64 bits per heavy atom. The summed E-state index contributed by atoms with van der Waals surface area (Å²) in [6.45, 7) is 3.74. The molecule has 0 N–H and O–H groups in total. The van der Waals surface area contributed by atoms with E-state index in [1.807, 2.05) is 25.5 Å². The molecule has 0 unspecified atom stereocenters. The van der Waals surface area contributed by atoms with Crippen LogP contribution in [0.3, 0.4) is 0 Å². The minimum absolute atomic E-state index is 0.989. The second-order valence-corrected chi connectivity index (χ2v) is 10.9. The van der Waals surface area contributed by atoms with Crippen LogP contribution in [-0.2, 0) is 4.57 Å². The van der Waals surface area contributed by atoms with Gasteiger partial charge in [0.15, 0.2) is 0 Å². The van der Waals surface area contributed by atoms with Crippen molar-refractivity contribution < 1.29 is 4.57 Å².